The molecule has 2 atom stereocenters. The van der Waals surface area contributed by atoms with Crippen LogP contribution in [0.5, 0.6) is 5.75 Å². The van der Waals surface area contributed by atoms with E-state index >= 15 is 0 Å². The van der Waals surface area contributed by atoms with E-state index in [9.17, 15) is 0 Å². The smallest absolute Gasteiger partial charge is 0.136 e. The molecule has 1 aliphatic rings. The first-order valence-electron chi connectivity index (χ1n) is 6.91. The molecule has 0 aliphatic heterocycles. The molecule has 1 saturated carbocycles. The molecule has 2 unspecified atom stereocenters. The number of hydrogen-bond donors (Lipinski definition) is 0. The van der Waals surface area contributed by atoms with E-state index in [0.29, 0.717) is 11.3 Å². The Bertz CT molecular complexity index is 466. The highest BCUT2D eigenvalue weighted by molar-refractivity contribution is 7.99. The topological polar surface area (TPSA) is 33.0 Å². The van der Waals surface area contributed by atoms with Crippen LogP contribution in [0.15, 0.2) is 18.2 Å². The molecule has 102 valence electrons. The van der Waals surface area contributed by atoms with Crippen molar-refractivity contribution in [2.75, 3.05) is 7.11 Å². The highest BCUT2D eigenvalue weighted by atomic mass is 32.2. The van der Waals surface area contributed by atoms with Gasteiger partial charge in [0.15, 0.2) is 0 Å². The van der Waals surface area contributed by atoms with Crippen molar-refractivity contribution in [2.45, 2.75) is 43.6 Å². The lowest BCUT2D eigenvalue weighted by Crippen LogP contribution is -2.15. The summed E-state index contributed by atoms with van der Waals surface area (Å²) in [5.41, 5.74) is 1.86. The highest BCUT2D eigenvalue weighted by Gasteiger charge is 2.19. The summed E-state index contributed by atoms with van der Waals surface area (Å²) < 4.78 is 5.17. The van der Waals surface area contributed by atoms with Gasteiger partial charge in [-0.1, -0.05) is 25.8 Å². The van der Waals surface area contributed by atoms with Crippen LogP contribution < -0.4 is 4.74 Å². The van der Waals surface area contributed by atoms with Crippen LogP contribution in [0.2, 0.25) is 0 Å². The molecule has 1 aromatic carbocycles. The summed E-state index contributed by atoms with van der Waals surface area (Å²) in [4.78, 5) is 0. The van der Waals surface area contributed by atoms with Crippen LogP contribution in [0.25, 0.3) is 0 Å². The highest BCUT2D eigenvalue weighted by Crippen LogP contribution is 2.34. The van der Waals surface area contributed by atoms with Gasteiger partial charge in [-0.2, -0.15) is 17.0 Å². The molecule has 1 aliphatic carbocycles. The van der Waals surface area contributed by atoms with Gasteiger partial charge in [0.1, 0.15) is 11.8 Å². The average molecular weight is 275 g/mol. The molecule has 0 aromatic heterocycles. The largest absolute Gasteiger partial charge is 0.495 e. The lowest BCUT2D eigenvalue weighted by molar-refractivity contribution is 0.394. The van der Waals surface area contributed by atoms with Crippen LogP contribution >= 0.6 is 11.8 Å². The molecule has 19 heavy (non-hydrogen) atoms. The minimum absolute atomic E-state index is 0.637. The molecule has 0 bridgehead atoms. The summed E-state index contributed by atoms with van der Waals surface area (Å²) >= 11 is 2.04. The number of thioether (sulfide) groups is 1. The molecule has 0 spiro atoms. The molecule has 2 rings (SSSR count). The Kier molecular flexibility index (Phi) is 5.15. The van der Waals surface area contributed by atoms with Gasteiger partial charge in [0.25, 0.3) is 0 Å². The van der Waals surface area contributed by atoms with E-state index in [1.807, 2.05) is 23.9 Å². The zero-order valence-corrected chi connectivity index (χ0v) is 12.5. The summed E-state index contributed by atoms with van der Waals surface area (Å²) in [5.74, 6) is 2.54. The van der Waals surface area contributed by atoms with Crippen LogP contribution in [0.1, 0.15) is 43.7 Å². The number of hydrogen-bond acceptors (Lipinski definition) is 3. The Balaban J connectivity index is 1.94. The number of nitrogens with zero attached hydrogens (tertiary/aromatic N) is 1. The summed E-state index contributed by atoms with van der Waals surface area (Å²) in [6, 6.07) is 8.12. The Morgan fingerprint density at radius 2 is 2.26 bits per heavy atom. The first-order chi connectivity index (χ1) is 9.22. The van der Waals surface area contributed by atoms with Crippen molar-refractivity contribution >= 4 is 11.8 Å². The molecule has 1 aromatic rings. The fourth-order valence-corrected chi connectivity index (χ4v) is 4.08. The third-order valence-corrected chi connectivity index (χ3v) is 5.16. The molecule has 0 amide bonds. The van der Waals surface area contributed by atoms with E-state index in [1.54, 1.807) is 7.11 Å². The molecular weight excluding hydrogens is 254 g/mol. The van der Waals surface area contributed by atoms with Crippen molar-refractivity contribution in [2.24, 2.45) is 5.92 Å². The maximum atomic E-state index is 9.09. The zero-order valence-electron chi connectivity index (χ0n) is 11.7. The third-order valence-electron chi connectivity index (χ3n) is 3.76. The Morgan fingerprint density at radius 1 is 1.42 bits per heavy atom. The Hall–Kier alpha value is -1.14. The molecular formula is C16H21NOS. The number of benzene rings is 1. The van der Waals surface area contributed by atoms with E-state index < -0.39 is 0 Å². The second-order valence-corrected chi connectivity index (χ2v) is 6.64. The van der Waals surface area contributed by atoms with Crippen LogP contribution in [-0.2, 0) is 5.75 Å². The van der Waals surface area contributed by atoms with Gasteiger partial charge in [0.2, 0.25) is 0 Å². The van der Waals surface area contributed by atoms with E-state index in [0.717, 1.165) is 16.9 Å². The second kappa shape index (κ2) is 6.86. The number of nitriles is 1. The maximum absolute atomic E-state index is 9.09. The van der Waals surface area contributed by atoms with E-state index in [1.165, 1.54) is 31.2 Å². The van der Waals surface area contributed by atoms with Gasteiger partial charge in [-0.05, 0) is 36.5 Å². The normalized spacial score (nSPS) is 22.8. The van der Waals surface area contributed by atoms with Crippen molar-refractivity contribution in [1.82, 2.24) is 0 Å². The SMILES string of the molecule is COc1ccc(CSC2CCCC(C)C2)cc1C#N. The molecule has 1 fully saturated rings. The molecule has 2 nitrogen and oxygen atoms in total. The quantitative estimate of drug-likeness (QED) is 0.817. The van der Waals surface area contributed by atoms with Gasteiger partial charge in [-0.3, -0.25) is 0 Å². The number of methoxy groups -OCH3 is 1. The molecule has 0 radical (unpaired) electrons. The van der Waals surface area contributed by atoms with Crippen molar-refractivity contribution in [3.8, 4) is 11.8 Å². The van der Waals surface area contributed by atoms with E-state index in [2.05, 4.69) is 19.1 Å². The van der Waals surface area contributed by atoms with Gasteiger partial charge in [0.05, 0.1) is 12.7 Å². The minimum Gasteiger partial charge on any atom is -0.495 e. The van der Waals surface area contributed by atoms with Crippen molar-refractivity contribution in [1.29, 1.82) is 5.26 Å². The summed E-state index contributed by atoms with van der Waals surface area (Å²) in [5, 5.41) is 9.88. The van der Waals surface area contributed by atoms with Crippen LogP contribution in [0.3, 0.4) is 0 Å². The molecule has 3 heteroatoms. The zero-order chi connectivity index (χ0) is 13.7. The van der Waals surface area contributed by atoms with Crippen LogP contribution in [0.4, 0.5) is 0 Å². The standard InChI is InChI=1S/C16H21NOS/c1-12-4-3-5-15(8-12)19-11-13-6-7-16(18-2)14(9-13)10-17/h6-7,9,12,15H,3-5,8,11H2,1-2H3. The minimum atomic E-state index is 0.637. The number of ether oxygens (including phenoxy) is 1. The van der Waals surface area contributed by atoms with Gasteiger partial charge in [-0.15, -0.1) is 0 Å². The maximum Gasteiger partial charge on any atom is 0.136 e. The van der Waals surface area contributed by atoms with E-state index in [4.69, 9.17) is 10.00 Å². The molecule has 0 heterocycles. The van der Waals surface area contributed by atoms with Gasteiger partial charge in [0, 0.05) is 11.0 Å². The Morgan fingerprint density at radius 3 is 2.95 bits per heavy atom. The monoisotopic (exact) mass is 275 g/mol. The van der Waals surface area contributed by atoms with Gasteiger partial charge >= 0.3 is 0 Å². The van der Waals surface area contributed by atoms with Gasteiger partial charge in [-0.25, -0.2) is 0 Å². The number of rotatable bonds is 4. The molecule has 0 saturated heterocycles. The first-order valence-corrected chi connectivity index (χ1v) is 7.96. The third kappa shape index (κ3) is 3.91. The summed E-state index contributed by atoms with van der Waals surface area (Å²) in [6.07, 6.45) is 5.44. The van der Waals surface area contributed by atoms with Crippen molar-refractivity contribution in [3.05, 3.63) is 29.3 Å². The van der Waals surface area contributed by atoms with E-state index in [-0.39, 0.29) is 0 Å². The molecule has 0 N–H and O–H groups in total. The fourth-order valence-electron chi connectivity index (χ4n) is 2.68. The predicted molar refractivity (Wildman–Crippen MR) is 80.4 cm³/mol. The average Bonchev–Trinajstić information content (AvgIpc) is 2.45. The second-order valence-electron chi connectivity index (χ2n) is 5.35. The van der Waals surface area contributed by atoms with Crippen LogP contribution in [-0.4, -0.2) is 12.4 Å². The van der Waals surface area contributed by atoms with Crippen LogP contribution in [0, 0.1) is 17.2 Å². The summed E-state index contributed by atoms with van der Waals surface area (Å²) in [7, 11) is 1.61. The fraction of sp³-hybridized carbons (Fsp3) is 0.562. The Labute approximate surface area is 120 Å². The lowest BCUT2D eigenvalue weighted by Gasteiger charge is -2.26. The van der Waals surface area contributed by atoms with Crippen molar-refractivity contribution in [3.63, 3.8) is 0 Å². The lowest BCUT2D eigenvalue weighted by atomic mass is 9.91. The first kappa shape index (κ1) is 14.3. The summed E-state index contributed by atoms with van der Waals surface area (Å²) in [6.45, 7) is 2.36. The van der Waals surface area contributed by atoms with Crippen molar-refractivity contribution < 1.29 is 4.74 Å². The van der Waals surface area contributed by atoms with Gasteiger partial charge < -0.3 is 4.74 Å². The predicted octanol–water partition coefficient (Wildman–Crippen LogP) is 4.38.